The predicted octanol–water partition coefficient (Wildman–Crippen LogP) is 11.3. The molecule has 9 nitrogen and oxygen atoms in total. The van der Waals surface area contributed by atoms with Crippen molar-refractivity contribution >= 4 is 33.4 Å². The molecule has 0 saturated carbocycles. The zero-order chi connectivity index (χ0) is 46.9. The lowest BCUT2D eigenvalue weighted by Gasteiger charge is -2.15. The third kappa shape index (κ3) is 10.6. The van der Waals surface area contributed by atoms with E-state index in [1.165, 1.54) is 23.3 Å². The number of benzene rings is 6. The summed E-state index contributed by atoms with van der Waals surface area (Å²) in [6, 6.07) is 38.8. The van der Waals surface area contributed by atoms with Crippen LogP contribution in [0, 0.1) is 30.5 Å². The number of hydrogen-bond acceptors (Lipinski definition) is 7. The van der Waals surface area contributed by atoms with Crippen LogP contribution in [0.3, 0.4) is 0 Å². The number of halogens is 2. The minimum atomic E-state index is -0.401. The summed E-state index contributed by atoms with van der Waals surface area (Å²) in [7, 11) is 1.56. The lowest BCUT2D eigenvalue weighted by molar-refractivity contribution is 0.371. The fraction of sp³-hybridized carbons (Fsp3) is 0.200. The van der Waals surface area contributed by atoms with Crippen molar-refractivity contribution in [2.24, 2.45) is 0 Å². The third-order valence-corrected chi connectivity index (χ3v) is 11.3. The number of methoxy groups -OCH3 is 1. The maximum Gasteiger partial charge on any atom is 0.348 e. The maximum atomic E-state index is 13.7. The average molecular weight is 899 g/mol. The van der Waals surface area contributed by atoms with E-state index >= 15 is 0 Å². The lowest BCUT2D eigenvalue weighted by atomic mass is 9.99. The van der Waals surface area contributed by atoms with Gasteiger partial charge in [-0.25, -0.2) is 14.0 Å². The van der Waals surface area contributed by atoms with Gasteiger partial charge in [0, 0.05) is 21.9 Å². The molecule has 8 aromatic rings. The highest BCUT2D eigenvalue weighted by Gasteiger charge is 2.17. The molecule has 332 valence electrons. The fourth-order valence-electron chi connectivity index (χ4n) is 7.55. The highest BCUT2D eigenvalue weighted by Crippen LogP contribution is 2.33. The van der Waals surface area contributed by atoms with Crippen LogP contribution in [0.5, 0.6) is 17.2 Å². The van der Waals surface area contributed by atoms with Crippen molar-refractivity contribution in [3.63, 3.8) is 0 Å². The normalized spacial score (nSPS) is 11.0. The molecule has 0 bridgehead atoms. The Morgan fingerprint density at radius 2 is 1.09 bits per heavy atom. The van der Waals surface area contributed by atoms with Crippen LogP contribution >= 0.6 is 11.6 Å². The van der Waals surface area contributed by atoms with Crippen molar-refractivity contribution in [2.75, 3.05) is 20.3 Å². The topological polar surface area (TPSA) is 97.5 Å². The lowest BCUT2D eigenvalue weighted by Crippen LogP contribution is -2.24. The molecule has 0 aliphatic carbocycles. The van der Waals surface area contributed by atoms with Crippen LogP contribution in [-0.4, -0.2) is 39.4 Å². The van der Waals surface area contributed by atoms with E-state index in [0.717, 1.165) is 33.0 Å². The van der Waals surface area contributed by atoms with Gasteiger partial charge in [0.2, 0.25) is 0 Å². The molecular weight excluding hydrogens is 851 g/mol. The minimum absolute atomic E-state index is 0.139. The Morgan fingerprint density at radius 3 is 1.52 bits per heavy atom. The standard InChI is InChI=1S/C28H25ClN2O3.C27H23FN2O2/c1-5-14-34-22-11-13-25-23(16-22)27(21-9-7-20(8-10-21)18(2)3)30-28(32)31(25)17-19-6-12-24(29)26(15-19)33-4;1-4-14-32-23-12-13-25-24(16-23)26(21-10-8-20(9-11-21)18(2)3)29-27(31)30(25)17-19-6-5-7-22(28)15-19/h1,6-13,15-16,18H,14,17H2,2-4H3;1,5-13,15-16,18H,14,17H2,2-3H3. The van der Waals surface area contributed by atoms with Crippen LogP contribution in [0.2, 0.25) is 5.02 Å². The van der Waals surface area contributed by atoms with E-state index in [1.54, 1.807) is 40.5 Å². The SMILES string of the molecule is C#CCOc1ccc2c(c1)c(-c1ccc(C(C)C)cc1)nc(=O)n2Cc1ccc(Cl)c(OC)c1.C#CCOc1ccc2c(c1)c(-c1ccc(C(C)C)cc1)nc(=O)n2Cc1cccc(F)c1. The summed E-state index contributed by atoms with van der Waals surface area (Å²) >= 11 is 6.17. The van der Waals surface area contributed by atoms with E-state index in [9.17, 15) is 14.0 Å². The summed E-state index contributed by atoms with van der Waals surface area (Å²) in [5.74, 6) is 7.16. The summed E-state index contributed by atoms with van der Waals surface area (Å²) in [5.41, 5.74) is 7.52. The number of nitrogens with zero attached hydrogens (tertiary/aromatic N) is 4. The van der Waals surface area contributed by atoms with E-state index in [0.29, 0.717) is 63.1 Å². The Kier molecular flexibility index (Phi) is 14.7. The molecule has 0 saturated heterocycles. The highest BCUT2D eigenvalue weighted by atomic mass is 35.5. The van der Waals surface area contributed by atoms with Gasteiger partial charge in [0.15, 0.2) is 0 Å². The van der Waals surface area contributed by atoms with Crippen LogP contribution in [0.1, 0.15) is 61.8 Å². The fourth-order valence-corrected chi connectivity index (χ4v) is 7.74. The van der Waals surface area contributed by atoms with Crippen LogP contribution in [-0.2, 0) is 13.1 Å². The first kappa shape index (κ1) is 46.3. The van der Waals surface area contributed by atoms with E-state index in [-0.39, 0.29) is 31.3 Å². The number of fused-ring (bicyclic) bond motifs is 2. The van der Waals surface area contributed by atoms with Crippen LogP contribution in [0.25, 0.3) is 44.3 Å². The third-order valence-electron chi connectivity index (χ3n) is 11.0. The highest BCUT2D eigenvalue weighted by molar-refractivity contribution is 6.32. The second-order valence-electron chi connectivity index (χ2n) is 16.2. The molecule has 6 aromatic carbocycles. The first-order valence-corrected chi connectivity index (χ1v) is 21.7. The molecule has 0 fully saturated rings. The van der Waals surface area contributed by atoms with E-state index in [2.05, 4.69) is 61.6 Å². The summed E-state index contributed by atoms with van der Waals surface area (Å²) < 4.78 is 33.5. The van der Waals surface area contributed by atoms with Gasteiger partial charge in [-0.15, -0.1) is 12.8 Å². The van der Waals surface area contributed by atoms with Gasteiger partial charge >= 0.3 is 11.4 Å². The number of terminal acetylenes is 2. The predicted molar refractivity (Wildman–Crippen MR) is 262 cm³/mol. The van der Waals surface area contributed by atoms with Gasteiger partial charge in [-0.3, -0.25) is 9.13 Å². The molecule has 8 rings (SSSR count). The van der Waals surface area contributed by atoms with Crippen molar-refractivity contribution in [3.05, 3.63) is 181 Å². The summed E-state index contributed by atoms with van der Waals surface area (Å²) in [6.07, 6.45) is 10.7. The van der Waals surface area contributed by atoms with Crippen LogP contribution in [0.15, 0.2) is 137 Å². The number of hydrogen-bond donors (Lipinski definition) is 0. The molecule has 0 aliphatic rings. The van der Waals surface area contributed by atoms with Crippen LogP contribution < -0.4 is 25.6 Å². The monoisotopic (exact) mass is 898 g/mol. The molecule has 11 heteroatoms. The number of aromatic nitrogens is 4. The molecule has 66 heavy (non-hydrogen) atoms. The number of rotatable bonds is 13. The van der Waals surface area contributed by atoms with Crippen molar-refractivity contribution in [2.45, 2.75) is 52.6 Å². The Hall–Kier alpha value is -7.66. The van der Waals surface area contributed by atoms with E-state index in [4.69, 9.17) is 38.7 Å². The smallest absolute Gasteiger partial charge is 0.348 e. The molecule has 2 heterocycles. The van der Waals surface area contributed by atoms with Gasteiger partial charge in [0.25, 0.3) is 0 Å². The van der Waals surface area contributed by atoms with Gasteiger partial charge < -0.3 is 14.2 Å². The maximum absolute atomic E-state index is 13.7. The van der Waals surface area contributed by atoms with E-state index in [1.807, 2.05) is 78.9 Å². The molecule has 0 atom stereocenters. The summed E-state index contributed by atoms with van der Waals surface area (Å²) in [6.45, 7) is 9.36. The molecular formula is C55H48ClFN4O5. The van der Waals surface area contributed by atoms with Crippen molar-refractivity contribution in [1.29, 1.82) is 0 Å². The van der Waals surface area contributed by atoms with Gasteiger partial charge in [0.1, 0.15) is 36.3 Å². The zero-order valence-corrected chi connectivity index (χ0v) is 38.1. The molecule has 0 unspecified atom stereocenters. The Morgan fingerprint density at radius 1 is 0.621 bits per heavy atom. The Labute approximate surface area is 388 Å². The zero-order valence-electron chi connectivity index (χ0n) is 37.3. The van der Waals surface area contributed by atoms with Gasteiger partial charge in [-0.05, 0) is 94.8 Å². The molecule has 0 amide bonds. The molecule has 0 spiro atoms. The molecule has 0 aliphatic heterocycles. The first-order chi connectivity index (χ1) is 31.9. The summed E-state index contributed by atoms with van der Waals surface area (Å²) in [5, 5.41) is 2.07. The molecule has 0 radical (unpaired) electrons. The first-order valence-electron chi connectivity index (χ1n) is 21.4. The Balaban J connectivity index is 0.000000197. The van der Waals surface area contributed by atoms with Crippen LogP contribution in [0.4, 0.5) is 4.39 Å². The van der Waals surface area contributed by atoms with Gasteiger partial charge in [-0.1, -0.05) is 118 Å². The molecule has 0 N–H and O–H groups in total. The molecule has 2 aromatic heterocycles. The second kappa shape index (κ2) is 20.9. The summed E-state index contributed by atoms with van der Waals surface area (Å²) in [4.78, 5) is 35.2. The Bertz CT molecular complexity index is 3240. The van der Waals surface area contributed by atoms with Gasteiger partial charge in [0.05, 0.1) is 47.6 Å². The second-order valence-corrected chi connectivity index (χ2v) is 16.6. The van der Waals surface area contributed by atoms with Crippen molar-refractivity contribution in [3.8, 4) is 64.5 Å². The van der Waals surface area contributed by atoms with Crippen molar-refractivity contribution < 1.29 is 18.6 Å². The van der Waals surface area contributed by atoms with E-state index < -0.39 is 5.69 Å². The largest absolute Gasteiger partial charge is 0.495 e. The average Bonchev–Trinajstić information content (AvgIpc) is 3.32. The minimum Gasteiger partial charge on any atom is -0.495 e. The van der Waals surface area contributed by atoms with Crippen molar-refractivity contribution in [1.82, 2.24) is 19.1 Å². The number of ether oxygens (including phenoxy) is 3. The quantitative estimate of drug-likeness (QED) is 0.106. The van der Waals surface area contributed by atoms with Gasteiger partial charge in [-0.2, -0.15) is 9.97 Å².